The Morgan fingerprint density at radius 3 is 2.72 bits per heavy atom. The van der Waals surface area contributed by atoms with Crippen LogP contribution in [0.4, 0.5) is 0 Å². The Kier molecular flexibility index (Phi) is 4.31. The molecule has 5 nitrogen and oxygen atoms in total. The van der Waals surface area contributed by atoms with Gasteiger partial charge >= 0.3 is 0 Å². The van der Waals surface area contributed by atoms with Gasteiger partial charge in [0.2, 0.25) is 0 Å². The van der Waals surface area contributed by atoms with Gasteiger partial charge in [-0.1, -0.05) is 48.5 Å². The molecule has 2 heterocycles. The van der Waals surface area contributed by atoms with E-state index in [1.165, 1.54) is 22.0 Å². The van der Waals surface area contributed by atoms with Crippen molar-refractivity contribution in [1.29, 1.82) is 0 Å². The molecule has 0 saturated carbocycles. The van der Waals surface area contributed by atoms with Crippen LogP contribution >= 0.6 is 0 Å². The van der Waals surface area contributed by atoms with Gasteiger partial charge in [0.1, 0.15) is 12.2 Å². The van der Waals surface area contributed by atoms with Crippen molar-refractivity contribution < 1.29 is 0 Å². The van der Waals surface area contributed by atoms with Crippen molar-refractivity contribution in [3.05, 3.63) is 84.1 Å². The molecule has 0 unspecified atom stereocenters. The summed E-state index contributed by atoms with van der Waals surface area (Å²) in [5.74, 6) is 0.837. The predicted molar refractivity (Wildman–Crippen MR) is 99.1 cm³/mol. The van der Waals surface area contributed by atoms with Crippen LogP contribution < -0.4 is 5.73 Å². The molecule has 0 bridgehead atoms. The maximum Gasteiger partial charge on any atom is 0.150 e. The van der Waals surface area contributed by atoms with Crippen LogP contribution in [0.2, 0.25) is 0 Å². The number of nitrogens with zero attached hydrogens (tertiary/aromatic N) is 3. The molecule has 2 aromatic carbocycles. The number of aryl methyl sites for hydroxylation is 2. The van der Waals surface area contributed by atoms with E-state index in [2.05, 4.69) is 56.3 Å². The van der Waals surface area contributed by atoms with Crippen molar-refractivity contribution in [3.8, 4) is 0 Å². The minimum atomic E-state index is -0.159. The van der Waals surface area contributed by atoms with Gasteiger partial charge < -0.3 is 15.3 Å². The molecule has 0 spiro atoms. The summed E-state index contributed by atoms with van der Waals surface area (Å²) in [4.78, 5) is 3.32. The Morgan fingerprint density at radius 2 is 1.84 bits per heavy atom. The molecular weight excluding hydrogens is 310 g/mol. The summed E-state index contributed by atoms with van der Waals surface area (Å²) in [6, 6.07) is 18.5. The number of H-pyrrole nitrogens is 1. The fraction of sp³-hybridized carbons (Fsp3) is 0.200. The third-order valence-corrected chi connectivity index (χ3v) is 4.57. The zero-order valence-corrected chi connectivity index (χ0v) is 14.0. The lowest BCUT2D eigenvalue weighted by Crippen LogP contribution is -2.19. The Hall–Kier alpha value is -2.92. The zero-order chi connectivity index (χ0) is 17.1. The summed E-state index contributed by atoms with van der Waals surface area (Å²) in [6.45, 7) is 0.812. The first kappa shape index (κ1) is 15.6. The quantitative estimate of drug-likeness (QED) is 0.570. The molecule has 0 amide bonds. The van der Waals surface area contributed by atoms with E-state index >= 15 is 0 Å². The van der Waals surface area contributed by atoms with E-state index in [4.69, 9.17) is 5.73 Å². The minimum absolute atomic E-state index is 0.159. The second kappa shape index (κ2) is 6.91. The largest absolute Gasteiger partial charge is 0.361 e. The van der Waals surface area contributed by atoms with Crippen LogP contribution in [0.1, 0.15) is 23.0 Å². The molecule has 0 radical (unpaired) electrons. The Bertz CT molecular complexity index is 954. The third kappa shape index (κ3) is 3.32. The number of hydrogen-bond acceptors (Lipinski definition) is 3. The number of aromatic nitrogens is 4. The van der Waals surface area contributed by atoms with Crippen LogP contribution in [0.15, 0.2) is 67.1 Å². The third-order valence-electron chi connectivity index (χ3n) is 4.57. The second-order valence-electron chi connectivity index (χ2n) is 6.29. The van der Waals surface area contributed by atoms with Crippen molar-refractivity contribution in [2.24, 2.45) is 5.73 Å². The summed E-state index contributed by atoms with van der Waals surface area (Å²) in [7, 11) is 0. The highest BCUT2D eigenvalue weighted by molar-refractivity contribution is 5.82. The molecule has 4 aromatic rings. The monoisotopic (exact) mass is 331 g/mol. The number of nitrogens with one attached hydrogen (secondary N) is 1. The van der Waals surface area contributed by atoms with E-state index in [-0.39, 0.29) is 6.04 Å². The van der Waals surface area contributed by atoms with Gasteiger partial charge in [0, 0.05) is 23.6 Å². The highest BCUT2D eigenvalue weighted by atomic mass is 15.3. The van der Waals surface area contributed by atoms with Crippen LogP contribution in [0.25, 0.3) is 10.9 Å². The predicted octanol–water partition coefficient (Wildman–Crippen LogP) is 3.24. The van der Waals surface area contributed by atoms with Crippen molar-refractivity contribution >= 4 is 10.9 Å². The highest BCUT2D eigenvalue weighted by Crippen LogP contribution is 2.19. The van der Waals surface area contributed by atoms with E-state index in [1.807, 2.05) is 24.3 Å². The maximum atomic E-state index is 6.38. The summed E-state index contributed by atoms with van der Waals surface area (Å²) in [6.07, 6.45) is 5.52. The van der Waals surface area contributed by atoms with Crippen LogP contribution in [-0.4, -0.2) is 19.7 Å². The molecule has 0 saturated heterocycles. The average molecular weight is 331 g/mol. The zero-order valence-electron chi connectivity index (χ0n) is 14.0. The molecule has 0 fully saturated rings. The fourth-order valence-corrected chi connectivity index (χ4v) is 3.26. The number of rotatable bonds is 6. The normalized spacial score (nSPS) is 12.5. The topological polar surface area (TPSA) is 72.5 Å². The number of para-hydroxylation sites is 1. The second-order valence-corrected chi connectivity index (χ2v) is 6.29. The molecule has 2 aromatic heterocycles. The first-order valence-corrected chi connectivity index (χ1v) is 8.53. The van der Waals surface area contributed by atoms with E-state index in [0.29, 0.717) is 0 Å². The van der Waals surface area contributed by atoms with Crippen LogP contribution in [0.3, 0.4) is 0 Å². The number of hydrogen-bond donors (Lipinski definition) is 2. The Labute approximate surface area is 146 Å². The van der Waals surface area contributed by atoms with Crippen molar-refractivity contribution in [1.82, 2.24) is 19.7 Å². The van der Waals surface area contributed by atoms with Crippen LogP contribution in [0.5, 0.6) is 0 Å². The minimum Gasteiger partial charge on any atom is -0.361 e. The maximum absolute atomic E-state index is 6.38. The lowest BCUT2D eigenvalue weighted by molar-refractivity contribution is 0.581. The van der Waals surface area contributed by atoms with Gasteiger partial charge in [0.25, 0.3) is 0 Å². The van der Waals surface area contributed by atoms with Gasteiger partial charge in [-0.05, 0) is 30.0 Å². The number of nitrogens with two attached hydrogens (primary N) is 1. The molecule has 0 aliphatic rings. The van der Waals surface area contributed by atoms with Crippen LogP contribution in [-0.2, 0) is 19.4 Å². The summed E-state index contributed by atoms with van der Waals surface area (Å²) in [5, 5.41) is 9.60. The van der Waals surface area contributed by atoms with Gasteiger partial charge in [-0.15, -0.1) is 10.2 Å². The highest BCUT2D eigenvalue weighted by Gasteiger charge is 2.14. The summed E-state index contributed by atoms with van der Waals surface area (Å²) >= 11 is 0. The van der Waals surface area contributed by atoms with E-state index in [9.17, 15) is 0 Å². The molecule has 0 aliphatic heterocycles. The standard InChI is InChI=1S/C20H21N5/c21-18(12-15-6-2-1-3-7-15)20-24-23-14-25(20)11-10-16-13-22-19-9-5-4-8-17(16)19/h1-9,13-14,18,22H,10-12,21H2/t18-/m0/s1. The fourth-order valence-electron chi connectivity index (χ4n) is 3.26. The van der Waals surface area contributed by atoms with Gasteiger partial charge in [-0.2, -0.15) is 0 Å². The van der Waals surface area contributed by atoms with E-state index < -0.39 is 0 Å². The molecule has 3 N–H and O–H groups in total. The Balaban J connectivity index is 1.48. The molecule has 5 heteroatoms. The van der Waals surface area contributed by atoms with Crippen molar-refractivity contribution in [2.75, 3.05) is 0 Å². The lowest BCUT2D eigenvalue weighted by atomic mass is 10.1. The number of fused-ring (bicyclic) bond motifs is 1. The molecule has 1 atom stereocenters. The number of benzene rings is 2. The first-order valence-electron chi connectivity index (χ1n) is 8.53. The SMILES string of the molecule is N[C@@H](Cc1ccccc1)c1nncn1CCc1c[nH]c2ccccc12. The van der Waals surface area contributed by atoms with Crippen molar-refractivity contribution in [3.63, 3.8) is 0 Å². The van der Waals surface area contributed by atoms with Gasteiger partial charge in [-0.3, -0.25) is 0 Å². The number of aromatic amines is 1. The van der Waals surface area contributed by atoms with Gasteiger partial charge in [-0.25, -0.2) is 0 Å². The van der Waals surface area contributed by atoms with Gasteiger partial charge in [0.05, 0.1) is 6.04 Å². The van der Waals surface area contributed by atoms with Crippen LogP contribution in [0, 0.1) is 0 Å². The summed E-state index contributed by atoms with van der Waals surface area (Å²) in [5.41, 5.74) is 10.1. The molecule has 0 aliphatic carbocycles. The van der Waals surface area contributed by atoms with Crippen molar-refractivity contribution in [2.45, 2.75) is 25.4 Å². The average Bonchev–Trinajstić information content (AvgIpc) is 3.27. The Morgan fingerprint density at radius 1 is 1.04 bits per heavy atom. The molecule has 4 rings (SSSR count). The van der Waals surface area contributed by atoms with E-state index in [0.717, 1.165) is 25.2 Å². The molecule has 25 heavy (non-hydrogen) atoms. The smallest absolute Gasteiger partial charge is 0.150 e. The molecule has 126 valence electrons. The summed E-state index contributed by atoms with van der Waals surface area (Å²) < 4.78 is 2.06. The lowest BCUT2D eigenvalue weighted by Gasteiger charge is -2.13. The van der Waals surface area contributed by atoms with Gasteiger partial charge in [0.15, 0.2) is 0 Å². The first-order chi connectivity index (χ1) is 12.3. The van der Waals surface area contributed by atoms with E-state index in [1.54, 1.807) is 6.33 Å². The molecular formula is C20H21N5.